The van der Waals surface area contributed by atoms with Crippen LogP contribution in [0.15, 0.2) is 71.2 Å². The summed E-state index contributed by atoms with van der Waals surface area (Å²) >= 11 is 0. The number of carbonyl (C=O) groups is 1. The van der Waals surface area contributed by atoms with Crippen molar-refractivity contribution < 1.29 is 32.2 Å². The Labute approximate surface area is 166 Å². The van der Waals surface area contributed by atoms with Crippen LogP contribution >= 0.6 is 0 Å². The predicted octanol–water partition coefficient (Wildman–Crippen LogP) is 5.36. The van der Waals surface area contributed by atoms with Gasteiger partial charge < -0.3 is 18.6 Å². The number of carbonyl (C=O) groups excluding carboxylic acids is 1. The van der Waals surface area contributed by atoms with E-state index < -0.39 is 6.61 Å². The third kappa shape index (κ3) is 5.68. The molecule has 150 valence electrons. The quantitative estimate of drug-likeness (QED) is 0.357. The SMILES string of the molecule is COc1cc(C(=O)/C=C/c2ccc(COc3ccccc3)o2)ccc1OC(F)F. The van der Waals surface area contributed by atoms with Gasteiger partial charge in [0.1, 0.15) is 23.9 Å². The topological polar surface area (TPSA) is 57.9 Å². The van der Waals surface area contributed by atoms with Gasteiger partial charge in [0.25, 0.3) is 0 Å². The van der Waals surface area contributed by atoms with Crippen molar-refractivity contribution in [2.45, 2.75) is 13.2 Å². The van der Waals surface area contributed by atoms with Crippen LogP contribution in [0.4, 0.5) is 8.78 Å². The first-order chi connectivity index (χ1) is 14.0. The lowest BCUT2D eigenvalue weighted by atomic mass is 10.1. The zero-order valence-corrected chi connectivity index (χ0v) is 15.5. The molecule has 29 heavy (non-hydrogen) atoms. The van der Waals surface area contributed by atoms with Crippen LogP contribution in [0, 0.1) is 0 Å². The Balaban J connectivity index is 1.62. The third-order valence-corrected chi connectivity index (χ3v) is 3.87. The first-order valence-corrected chi connectivity index (χ1v) is 8.67. The van der Waals surface area contributed by atoms with Crippen molar-refractivity contribution in [2.75, 3.05) is 7.11 Å². The molecule has 3 aromatic rings. The standard InChI is InChI=1S/C22H18F2O5/c1-26-21-13-15(7-12-20(21)29-22(23)24)19(25)11-10-17-8-9-18(28-17)14-27-16-5-3-2-4-6-16/h2-13,22H,14H2,1H3/b11-10+. The zero-order chi connectivity index (χ0) is 20.6. The second-order valence-corrected chi connectivity index (χ2v) is 5.85. The highest BCUT2D eigenvalue weighted by Crippen LogP contribution is 2.29. The molecule has 0 fully saturated rings. The van der Waals surface area contributed by atoms with Gasteiger partial charge in [-0.1, -0.05) is 18.2 Å². The maximum atomic E-state index is 12.4. The number of para-hydroxylation sites is 1. The van der Waals surface area contributed by atoms with Crippen LogP contribution in [0.5, 0.6) is 17.2 Å². The minimum Gasteiger partial charge on any atom is -0.493 e. The number of furan rings is 1. The first kappa shape index (κ1) is 20.1. The molecule has 0 saturated heterocycles. The normalized spacial score (nSPS) is 11.0. The summed E-state index contributed by atoms with van der Waals surface area (Å²) in [6.45, 7) is -2.72. The van der Waals surface area contributed by atoms with Crippen LogP contribution in [0.1, 0.15) is 21.9 Å². The molecule has 7 heteroatoms. The van der Waals surface area contributed by atoms with Crippen molar-refractivity contribution in [3.05, 3.63) is 83.8 Å². The summed E-state index contributed by atoms with van der Waals surface area (Å²) in [6, 6.07) is 16.8. The van der Waals surface area contributed by atoms with E-state index in [0.717, 1.165) is 5.75 Å². The summed E-state index contributed by atoms with van der Waals surface area (Å²) in [5, 5.41) is 0. The summed E-state index contributed by atoms with van der Waals surface area (Å²) in [5.74, 6) is 1.38. The fourth-order valence-corrected chi connectivity index (χ4v) is 2.50. The minimum atomic E-state index is -2.98. The van der Waals surface area contributed by atoms with Crippen molar-refractivity contribution in [1.82, 2.24) is 0 Å². The van der Waals surface area contributed by atoms with Crippen molar-refractivity contribution in [2.24, 2.45) is 0 Å². The molecule has 0 unspecified atom stereocenters. The van der Waals surface area contributed by atoms with Crippen molar-refractivity contribution in [3.8, 4) is 17.2 Å². The number of methoxy groups -OCH3 is 1. The van der Waals surface area contributed by atoms with E-state index in [1.54, 1.807) is 12.1 Å². The lowest BCUT2D eigenvalue weighted by Gasteiger charge is -2.10. The Hall–Kier alpha value is -3.61. The molecule has 0 atom stereocenters. The van der Waals surface area contributed by atoms with E-state index in [0.29, 0.717) is 11.5 Å². The molecule has 2 aromatic carbocycles. The molecular weight excluding hydrogens is 382 g/mol. The fourth-order valence-electron chi connectivity index (χ4n) is 2.50. The molecular formula is C22H18F2O5. The van der Waals surface area contributed by atoms with Gasteiger partial charge in [-0.05, 0) is 54.6 Å². The van der Waals surface area contributed by atoms with Gasteiger partial charge in [0, 0.05) is 5.56 Å². The van der Waals surface area contributed by atoms with E-state index in [-0.39, 0.29) is 29.5 Å². The molecule has 0 aliphatic carbocycles. The van der Waals surface area contributed by atoms with Crippen LogP contribution in [0.2, 0.25) is 0 Å². The van der Waals surface area contributed by atoms with Gasteiger partial charge in [-0.25, -0.2) is 0 Å². The second-order valence-electron chi connectivity index (χ2n) is 5.85. The minimum absolute atomic E-state index is 0.0443. The van der Waals surface area contributed by atoms with E-state index in [9.17, 15) is 13.6 Å². The number of hydrogen-bond donors (Lipinski definition) is 0. The highest BCUT2D eigenvalue weighted by molar-refractivity contribution is 6.07. The summed E-state index contributed by atoms with van der Waals surface area (Å²) in [7, 11) is 1.31. The van der Waals surface area contributed by atoms with Crippen LogP contribution in [0.25, 0.3) is 6.08 Å². The first-order valence-electron chi connectivity index (χ1n) is 8.67. The summed E-state index contributed by atoms with van der Waals surface area (Å²) in [6.07, 6.45) is 2.84. The van der Waals surface area contributed by atoms with Gasteiger partial charge in [0.2, 0.25) is 0 Å². The molecule has 0 aliphatic heterocycles. The van der Waals surface area contributed by atoms with Crippen LogP contribution in [-0.4, -0.2) is 19.5 Å². The van der Waals surface area contributed by atoms with Gasteiger partial charge >= 0.3 is 6.61 Å². The van der Waals surface area contributed by atoms with Crippen LogP contribution in [0.3, 0.4) is 0 Å². The molecule has 1 aromatic heterocycles. The monoisotopic (exact) mass is 400 g/mol. The molecule has 0 saturated carbocycles. The Kier molecular flexibility index (Phi) is 6.63. The summed E-state index contributed by atoms with van der Waals surface area (Å²) in [5.41, 5.74) is 0.263. The molecule has 0 bridgehead atoms. The Bertz CT molecular complexity index is 980. The van der Waals surface area contributed by atoms with Gasteiger partial charge in [-0.2, -0.15) is 8.78 Å². The summed E-state index contributed by atoms with van der Waals surface area (Å²) < 4.78 is 45.3. The number of hydrogen-bond acceptors (Lipinski definition) is 5. The van der Waals surface area contributed by atoms with Gasteiger partial charge in [-0.15, -0.1) is 0 Å². The Morgan fingerprint density at radius 3 is 2.59 bits per heavy atom. The molecule has 0 spiro atoms. The smallest absolute Gasteiger partial charge is 0.387 e. The van der Waals surface area contributed by atoms with Crippen molar-refractivity contribution in [3.63, 3.8) is 0 Å². The Morgan fingerprint density at radius 1 is 1.07 bits per heavy atom. The highest BCUT2D eigenvalue weighted by Gasteiger charge is 2.13. The largest absolute Gasteiger partial charge is 0.493 e. The van der Waals surface area contributed by atoms with E-state index in [2.05, 4.69) is 4.74 Å². The molecule has 0 amide bonds. The van der Waals surface area contributed by atoms with E-state index in [1.165, 1.54) is 37.5 Å². The number of ether oxygens (including phenoxy) is 3. The molecule has 1 heterocycles. The number of allylic oxidation sites excluding steroid dienone is 1. The molecule has 5 nitrogen and oxygen atoms in total. The Morgan fingerprint density at radius 2 is 1.86 bits per heavy atom. The van der Waals surface area contributed by atoms with Crippen LogP contribution < -0.4 is 14.2 Å². The molecule has 3 rings (SSSR count). The van der Waals surface area contributed by atoms with Gasteiger partial charge in [0.05, 0.1) is 7.11 Å². The molecule has 0 radical (unpaired) electrons. The average molecular weight is 400 g/mol. The van der Waals surface area contributed by atoms with E-state index in [4.69, 9.17) is 13.9 Å². The number of ketones is 1. The number of halogens is 2. The lowest BCUT2D eigenvalue weighted by Crippen LogP contribution is -2.04. The zero-order valence-electron chi connectivity index (χ0n) is 15.5. The maximum absolute atomic E-state index is 12.4. The molecule has 0 N–H and O–H groups in total. The number of rotatable bonds is 9. The van der Waals surface area contributed by atoms with Crippen LogP contribution in [-0.2, 0) is 6.61 Å². The van der Waals surface area contributed by atoms with E-state index in [1.807, 2.05) is 30.3 Å². The van der Waals surface area contributed by atoms with Gasteiger partial charge in [0.15, 0.2) is 17.3 Å². The van der Waals surface area contributed by atoms with Crippen molar-refractivity contribution in [1.29, 1.82) is 0 Å². The molecule has 0 aliphatic rings. The second kappa shape index (κ2) is 9.54. The predicted molar refractivity (Wildman–Crippen MR) is 102 cm³/mol. The fraction of sp³-hybridized carbons (Fsp3) is 0.136. The van der Waals surface area contributed by atoms with Crippen molar-refractivity contribution >= 4 is 11.9 Å². The average Bonchev–Trinajstić information content (AvgIpc) is 3.19. The lowest BCUT2D eigenvalue weighted by molar-refractivity contribution is -0.0512. The highest BCUT2D eigenvalue weighted by atomic mass is 19.3. The van der Waals surface area contributed by atoms with E-state index >= 15 is 0 Å². The number of alkyl halides is 2. The maximum Gasteiger partial charge on any atom is 0.387 e. The number of benzene rings is 2. The van der Waals surface area contributed by atoms with Gasteiger partial charge in [-0.3, -0.25) is 4.79 Å². The summed E-state index contributed by atoms with van der Waals surface area (Å²) in [4.78, 5) is 12.3. The third-order valence-electron chi connectivity index (χ3n) is 3.87.